The lowest BCUT2D eigenvalue weighted by molar-refractivity contribution is 1.20. The molecule has 0 atom stereocenters. The second-order valence-corrected chi connectivity index (χ2v) is 21.4. The predicted octanol–water partition coefficient (Wildman–Crippen LogP) is 15.5. The van der Waals surface area contributed by atoms with Crippen LogP contribution in [0.2, 0.25) is 0 Å². The summed E-state index contributed by atoms with van der Waals surface area (Å²) in [5, 5.41) is 22.7. The molecule has 0 unspecified atom stereocenters. The van der Waals surface area contributed by atoms with Gasteiger partial charge in [0.25, 0.3) is 0 Å². The van der Waals surface area contributed by atoms with Crippen LogP contribution in [0.3, 0.4) is 0 Å². The lowest BCUT2D eigenvalue weighted by Gasteiger charge is -2.10. The molecule has 80 heavy (non-hydrogen) atoms. The first-order chi connectivity index (χ1) is 39.7. The van der Waals surface area contributed by atoms with Gasteiger partial charge in [0.2, 0.25) is 0 Å². The molecule has 0 saturated carbocycles. The van der Waals surface area contributed by atoms with E-state index in [0.29, 0.717) is 0 Å². The zero-order valence-corrected chi connectivity index (χ0v) is 43.4. The fraction of sp³-hybridized carbons (Fsp3) is 0. The number of hydrogen-bond acceptors (Lipinski definition) is 0. The van der Waals surface area contributed by atoms with Crippen molar-refractivity contribution in [3.63, 3.8) is 0 Å². The Bertz CT molecular complexity index is 4830. The summed E-state index contributed by atoms with van der Waals surface area (Å²) in [6, 6.07) is 98.4. The van der Waals surface area contributed by atoms with Crippen molar-refractivity contribution in [1.29, 1.82) is 0 Å². The third-order valence-electron chi connectivity index (χ3n) is 16.9. The molecule has 1 aliphatic rings. The maximum Gasteiger partial charge on any atom is 0.0566 e. The van der Waals surface area contributed by atoms with Crippen LogP contribution in [-0.4, -0.2) is 19.9 Å². The van der Waals surface area contributed by atoms with Crippen LogP contribution >= 0.6 is 0 Å². The van der Waals surface area contributed by atoms with E-state index in [0.717, 1.165) is 132 Å². The Morgan fingerprint density at radius 2 is 0.338 bits per heavy atom. The number of fused-ring (bicyclic) bond motifs is 4. The van der Waals surface area contributed by atoms with E-state index >= 15 is 0 Å². The first-order valence-electron chi connectivity index (χ1n) is 27.6. The molecule has 0 amide bonds. The molecule has 17 rings (SSSR count). The predicted molar refractivity (Wildman–Crippen MR) is 334 cm³/mol. The summed E-state index contributed by atoms with van der Waals surface area (Å²) < 4.78 is 0. The maximum atomic E-state index is 4.34. The van der Waals surface area contributed by atoms with Gasteiger partial charge in [0.1, 0.15) is 0 Å². The Kier molecular flexibility index (Phi) is 9.68. The van der Waals surface area contributed by atoms with Crippen molar-refractivity contribution in [3.8, 4) is 0 Å². The topological polar surface area (TPSA) is 63.2 Å². The normalized spacial score (nSPS) is 15.6. The standard InChI is InChI=1S/C76H48N4/c1-5-21-45(22-6-1)65-69-57-37-49-29-13-15-31-51(49)39-59(57)71(77-69)66(46-23-7-2-8-24-46)73-61-41-53-33-17-19-35-55(53)43-63(61)75(79-73)68(48-27-11-4-12-28-48)76-64-44-56-36-20-18-34-54(56)42-62(64)74(80-76)67(47-25-9-3-10-26-47)72-60-40-52-32-16-14-30-50(52)38-58(60)70(65)78-72/h1-44,77-80H/b69-65-,70-65?,71-66-,72-67?,73-66?,74-67-,75-68?,76-68-. The van der Waals surface area contributed by atoms with Gasteiger partial charge in [-0.15, -0.1) is 0 Å². The summed E-state index contributed by atoms with van der Waals surface area (Å²) >= 11 is 0. The number of H-pyrrole nitrogens is 4. The Morgan fingerprint density at radius 3 is 0.537 bits per heavy atom. The van der Waals surface area contributed by atoms with Gasteiger partial charge in [-0.3, -0.25) is 0 Å². The highest BCUT2D eigenvalue weighted by Crippen LogP contribution is 2.41. The van der Waals surface area contributed by atoms with Crippen LogP contribution in [0.4, 0.5) is 0 Å². The number of benzene rings is 12. The monoisotopic (exact) mass is 1020 g/mol. The zero-order valence-electron chi connectivity index (χ0n) is 43.4. The van der Waals surface area contributed by atoms with Crippen molar-refractivity contribution in [2.24, 2.45) is 0 Å². The molecule has 1 aliphatic carbocycles. The van der Waals surface area contributed by atoms with Gasteiger partial charge in [-0.25, -0.2) is 0 Å². The molecule has 0 fully saturated rings. The third-order valence-corrected chi connectivity index (χ3v) is 16.9. The molecule has 4 heterocycles. The average molecular weight is 1020 g/mol. The molecule has 372 valence electrons. The van der Waals surface area contributed by atoms with Gasteiger partial charge >= 0.3 is 0 Å². The Balaban J connectivity index is 1.22. The van der Waals surface area contributed by atoms with E-state index in [1.54, 1.807) is 0 Å². The molecule has 12 aromatic carbocycles. The first-order valence-corrected chi connectivity index (χ1v) is 27.6. The van der Waals surface area contributed by atoms with E-state index in [2.05, 4.69) is 287 Å². The smallest absolute Gasteiger partial charge is 0.0566 e. The van der Waals surface area contributed by atoms with Gasteiger partial charge in [-0.2, -0.15) is 0 Å². The van der Waals surface area contributed by atoms with Crippen molar-refractivity contribution in [3.05, 3.63) is 333 Å². The fourth-order valence-corrected chi connectivity index (χ4v) is 13.3. The molecular weight excluding hydrogens is 969 g/mol. The van der Waals surface area contributed by atoms with Crippen LogP contribution < -0.4 is 21.4 Å². The minimum Gasteiger partial charge on any atom is -0.353 e. The average Bonchev–Trinajstić information content (AvgIpc) is 4.35. The minimum atomic E-state index is 1.04. The van der Waals surface area contributed by atoms with Crippen LogP contribution in [0.1, 0.15) is 45.0 Å². The summed E-state index contributed by atoms with van der Waals surface area (Å²) in [6.07, 6.45) is 0. The highest BCUT2D eigenvalue weighted by atomic mass is 14.8. The lowest BCUT2D eigenvalue weighted by Crippen LogP contribution is -2.19. The molecule has 0 radical (unpaired) electrons. The van der Waals surface area contributed by atoms with Crippen molar-refractivity contribution < 1.29 is 0 Å². The molecule has 0 saturated heterocycles. The van der Waals surface area contributed by atoms with Gasteiger partial charge in [0, 0.05) is 65.4 Å². The molecule has 4 aromatic heterocycles. The number of rotatable bonds is 4. The SMILES string of the molecule is c1ccc(/C2=c3/[nH]/c(c4cc5ccccc5cc34)=C(/c3ccccc3)c3[nH]c(c4cc5ccccc5cc34)/C(c3ccccc3)=c3\[nH]/c(c4cc5ccccc5cc34)=C(/c3ccccc3)c3[nH]c2c2cc4ccccc4cc32)cc1. The molecule has 4 nitrogen and oxygen atoms in total. The van der Waals surface area contributed by atoms with E-state index in [-0.39, 0.29) is 0 Å². The lowest BCUT2D eigenvalue weighted by atomic mass is 9.94. The number of hydrogen-bond donors (Lipinski definition) is 4. The third kappa shape index (κ3) is 6.76. The van der Waals surface area contributed by atoms with E-state index in [1.807, 2.05) is 0 Å². The van der Waals surface area contributed by atoms with E-state index in [4.69, 9.17) is 0 Å². The second kappa shape index (κ2) is 17.4. The van der Waals surface area contributed by atoms with Gasteiger partial charge < -0.3 is 19.9 Å². The molecule has 4 N–H and O–H groups in total. The van der Waals surface area contributed by atoms with E-state index < -0.39 is 0 Å². The Morgan fingerprint density at radius 1 is 0.163 bits per heavy atom. The largest absolute Gasteiger partial charge is 0.353 e. The van der Waals surface area contributed by atoms with E-state index in [9.17, 15) is 0 Å². The molecule has 0 spiro atoms. The van der Waals surface area contributed by atoms with Crippen molar-refractivity contribution >= 4 is 108 Å². The highest BCUT2D eigenvalue weighted by molar-refractivity contribution is 6.14. The second-order valence-electron chi connectivity index (χ2n) is 21.4. The van der Waals surface area contributed by atoms with Gasteiger partial charge in [-0.1, -0.05) is 218 Å². The molecular formula is C76H48N4. The molecule has 4 heteroatoms. The van der Waals surface area contributed by atoms with Gasteiger partial charge in [0.05, 0.1) is 44.2 Å². The summed E-state index contributed by atoms with van der Waals surface area (Å²) in [5.74, 6) is 0. The fourth-order valence-electron chi connectivity index (χ4n) is 13.3. The van der Waals surface area contributed by atoms with Crippen molar-refractivity contribution in [2.45, 2.75) is 0 Å². The van der Waals surface area contributed by atoms with Gasteiger partial charge in [-0.05, 0) is 114 Å². The highest BCUT2D eigenvalue weighted by Gasteiger charge is 2.27. The van der Waals surface area contributed by atoms with Crippen LogP contribution in [0.15, 0.2) is 267 Å². The van der Waals surface area contributed by atoms with E-state index in [1.165, 1.54) is 43.1 Å². The minimum absolute atomic E-state index is 1.04. The Hall–Kier alpha value is -10.7. The quantitative estimate of drug-likeness (QED) is 0.136. The molecule has 16 aromatic rings. The number of aromatic amines is 4. The molecule has 0 aliphatic heterocycles. The van der Waals surface area contributed by atoms with Crippen LogP contribution in [0.5, 0.6) is 0 Å². The summed E-state index contributed by atoms with van der Waals surface area (Å²) in [5.41, 5.74) is 12.9. The van der Waals surface area contributed by atoms with Crippen molar-refractivity contribution in [1.82, 2.24) is 19.9 Å². The summed E-state index contributed by atoms with van der Waals surface area (Å²) in [7, 11) is 0. The number of nitrogens with one attached hydrogen (secondary N) is 4. The number of aromatic nitrogens is 4. The van der Waals surface area contributed by atoms with Crippen molar-refractivity contribution in [2.75, 3.05) is 0 Å². The van der Waals surface area contributed by atoms with Gasteiger partial charge in [0.15, 0.2) is 0 Å². The molecule has 8 bridgehead atoms. The summed E-state index contributed by atoms with van der Waals surface area (Å²) in [6.45, 7) is 0. The Labute approximate surface area is 459 Å². The van der Waals surface area contributed by atoms with Crippen LogP contribution in [0.25, 0.3) is 108 Å². The first kappa shape index (κ1) is 44.4. The zero-order chi connectivity index (χ0) is 52.4. The van der Waals surface area contributed by atoms with Crippen LogP contribution in [0, 0.1) is 0 Å². The van der Waals surface area contributed by atoms with Crippen LogP contribution in [-0.2, 0) is 0 Å². The summed E-state index contributed by atoms with van der Waals surface area (Å²) in [4.78, 5) is 17.4. The maximum absolute atomic E-state index is 4.34.